The highest BCUT2D eigenvalue weighted by molar-refractivity contribution is 7.90. The van der Waals surface area contributed by atoms with Crippen LogP contribution in [0.25, 0.3) is 0 Å². The number of fused-ring (bicyclic) bond motifs is 1. The molecule has 0 aromatic carbocycles. The number of carbonyl (C=O) groups is 5. The molecule has 5 rings (SSSR count). The standard InChI is InChI=1S/C39H61N3O7S/c1-12-24-20-37(24,33(47)40-50(48,49)25-14-15-25)22-30(44)28-21-39(36(8,9)38(39)16-13-17-38)23-42(28)32(46)27(35(5,6)7)18-29(43)26(34(2,3)4)19-31(45)41(10)11/h12,24-28H,1,13-23H2,2-11H3,(H,40,47)/t24-,26-,27-,28+,37-,39-/m1/s1. The molecule has 5 aliphatic rings. The van der Waals surface area contributed by atoms with Crippen LogP contribution in [0, 0.1) is 50.2 Å². The van der Waals surface area contributed by atoms with Crippen LogP contribution in [0.1, 0.15) is 120 Å². The molecular weight excluding hydrogens is 655 g/mol. The third kappa shape index (κ3) is 6.19. The molecule has 1 N–H and O–H groups in total. The molecule has 0 bridgehead atoms. The monoisotopic (exact) mass is 715 g/mol. The Morgan fingerprint density at radius 2 is 1.50 bits per heavy atom. The number of sulfonamides is 1. The van der Waals surface area contributed by atoms with E-state index in [1.165, 1.54) is 4.90 Å². The first-order valence-corrected chi connectivity index (χ1v) is 20.1. The van der Waals surface area contributed by atoms with Gasteiger partial charge in [0.15, 0.2) is 5.78 Å². The maximum atomic E-state index is 15.0. The van der Waals surface area contributed by atoms with E-state index in [2.05, 4.69) is 25.1 Å². The van der Waals surface area contributed by atoms with E-state index in [9.17, 15) is 32.4 Å². The average molecular weight is 716 g/mol. The van der Waals surface area contributed by atoms with Crippen LogP contribution < -0.4 is 4.72 Å². The van der Waals surface area contributed by atoms with Gasteiger partial charge < -0.3 is 9.80 Å². The van der Waals surface area contributed by atoms with Crippen LogP contribution in [-0.4, -0.2) is 79.4 Å². The zero-order chi connectivity index (χ0) is 37.6. The van der Waals surface area contributed by atoms with E-state index in [-0.39, 0.29) is 64.8 Å². The predicted molar refractivity (Wildman–Crippen MR) is 192 cm³/mol. The van der Waals surface area contributed by atoms with Gasteiger partial charge in [-0.1, -0.05) is 67.9 Å². The van der Waals surface area contributed by atoms with E-state index in [1.54, 1.807) is 25.1 Å². The Kier molecular flexibility index (Phi) is 9.48. The van der Waals surface area contributed by atoms with Gasteiger partial charge in [-0.05, 0) is 66.1 Å². The largest absolute Gasteiger partial charge is 0.349 e. The number of Topliss-reactive ketones (excluding diaryl/α,β-unsaturated/α-hetero) is 2. The Hall–Kier alpha value is -2.56. The van der Waals surface area contributed by atoms with Crippen molar-refractivity contribution in [3.05, 3.63) is 12.7 Å². The minimum Gasteiger partial charge on any atom is -0.349 e. The summed E-state index contributed by atoms with van der Waals surface area (Å²) >= 11 is 0. The van der Waals surface area contributed by atoms with Crippen molar-refractivity contribution in [3.8, 4) is 0 Å². The first-order valence-electron chi connectivity index (χ1n) is 18.6. The molecule has 1 aliphatic heterocycles. The lowest BCUT2D eigenvalue weighted by molar-refractivity contribution is -0.147. The van der Waals surface area contributed by atoms with Crippen molar-refractivity contribution in [2.75, 3.05) is 20.6 Å². The van der Waals surface area contributed by atoms with Gasteiger partial charge >= 0.3 is 0 Å². The molecular formula is C39H61N3O7S. The summed E-state index contributed by atoms with van der Waals surface area (Å²) in [5.41, 5.74) is -2.64. The van der Waals surface area contributed by atoms with Gasteiger partial charge in [-0.25, -0.2) is 8.42 Å². The zero-order valence-corrected chi connectivity index (χ0v) is 32.9. The Morgan fingerprint density at radius 1 is 0.920 bits per heavy atom. The van der Waals surface area contributed by atoms with Crippen molar-refractivity contribution in [2.24, 2.45) is 50.2 Å². The second-order valence-corrected chi connectivity index (χ2v) is 21.3. The Balaban J connectivity index is 1.45. The van der Waals surface area contributed by atoms with Crippen LogP contribution in [0.4, 0.5) is 0 Å². The van der Waals surface area contributed by atoms with Gasteiger partial charge in [0.2, 0.25) is 27.7 Å². The summed E-state index contributed by atoms with van der Waals surface area (Å²) in [6.07, 6.45) is 6.49. The highest BCUT2D eigenvalue weighted by Crippen LogP contribution is 2.88. The van der Waals surface area contributed by atoms with Crippen molar-refractivity contribution in [2.45, 2.75) is 131 Å². The summed E-state index contributed by atoms with van der Waals surface area (Å²) in [6.45, 7) is 20.4. The molecule has 1 saturated heterocycles. The minimum atomic E-state index is -3.81. The molecule has 11 heteroatoms. The molecule has 0 aromatic heterocycles. The fraction of sp³-hybridized carbons (Fsp3) is 0.821. The summed E-state index contributed by atoms with van der Waals surface area (Å²) in [7, 11) is -0.474. The van der Waals surface area contributed by atoms with Crippen LogP contribution in [-0.2, 0) is 34.0 Å². The predicted octanol–water partition coefficient (Wildman–Crippen LogP) is 5.31. The molecule has 1 heterocycles. The fourth-order valence-electron chi connectivity index (χ4n) is 9.99. The summed E-state index contributed by atoms with van der Waals surface area (Å²) < 4.78 is 27.8. The normalized spacial score (nSPS) is 30.6. The quantitative estimate of drug-likeness (QED) is 0.255. The number of nitrogens with zero attached hydrogens (tertiary/aromatic N) is 2. The molecule has 5 fully saturated rings. The Bertz CT molecular complexity index is 1580. The number of likely N-dealkylation sites (tertiary alicyclic amines) is 1. The second-order valence-electron chi connectivity index (χ2n) is 19.3. The van der Waals surface area contributed by atoms with E-state index in [0.29, 0.717) is 32.2 Å². The molecule has 280 valence electrons. The molecule has 3 amide bonds. The number of hydrogen-bond donors (Lipinski definition) is 1. The molecule has 0 radical (unpaired) electrons. The molecule has 0 unspecified atom stereocenters. The Labute approximate surface area is 300 Å². The SMILES string of the molecule is C=C[C@@H]1C[C@]1(CC(=O)[C@@H]1C[C@@]2(CN1C(=O)[C@@H](CC(=O)[C@@H](CC(=O)N(C)C)C(C)(C)C)C(C)(C)C)C(C)(C)C21CCC1)C(=O)NS(=O)(=O)C1CC1. The van der Waals surface area contributed by atoms with Crippen molar-refractivity contribution >= 4 is 39.3 Å². The molecule has 2 spiro atoms. The molecule has 4 aliphatic carbocycles. The number of hydrogen-bond acceptors (Lipinski definition) is 7. The van der Waals surface area contributed by atoms with E-state index < -0.39 is 55.3 Å². The van der Waals surface area contributed by atoms with Gasteiger partial charge in [0.25, 0.3) is 0 Å². The van der Waals surface area contributed by atoms with Crippen molar-refractivity contribution in [3.63, 3.8) is 0 Å². The lowest BCUT2D eigenvalue weighted by Crippen LogP contribution is -2.49. The van der Waals surface area contributed by atoms with Crippen LogP contribution in [0.2, 0.25) is 0 Å². The lowest BCUT2D eigenvalue weighted by Gasteiger charge is -2.37. The highest BCUT2D eigenvalue weighted by Gasteiger charge is 2.85. The average Bonchev–Trinajstić information content (AvgIpc) is 3.90. The van der Waals surface area contributed by atoms with Crippen LogP contribution in [0.3, 0.4) is 0 Å². The van der Waals surface area contributed by atoms with E-state index in [0.717, 1.165) is 19.3 Å². The number of carbonyl (C=O) groups excluding carboxylic acids is 5. The third-order valence-electron chi connectivity index (χ3n) is 14.1. The van der Waals surface area contributed by atoms with Crippen LogP contribution >= 0.6 is 0 Å². The molecule has 0 aromatic rings. The van der Waals surface area contributed by atoms with Crippen molar-refractivity contribution < 1.29 is 32.4 Å². The number of rotatable bonds is 13. The van der Waals surface area contributed by atoms with E-state index in [1.807, 2.05) is 41.5 Å². The highest BCUT2D eigenvalue weighted by atomic mass is 32.2. The summed E-state index contributed by atoms with van der Waals surface area (Å²) in [6, 6.07) is -0.786. The fourth-order valence-corrected chi connectivity index (χ4v) is 11.4. The van der Waals surface area contributed by atoms with Gasteiger partial charge in [-0.15, -0.1) is 6.58 Å². The van der Waals surface area contributed by atoms with Gasteiger partial charge in [-0.2, -0.15) is 0 Å². The lowest BCUT2D eigenvalue weighted by atomic mass is 9.70. The first-order chi connectivity index (χ1) is 22.8. The van der Waals surface area contributed by atoms with Crippen LogP contribution in [0.5, 0.6) is 0 Å². The Morgan fingerprint density at radius 3 is 1.92 bits per heavy atom. The topological polar surface area (TPSA) is 138 Å². The molecule has 50 heavy (non-hydrogen) atoms. The van der Waals surface area contributed by atoms with Crippen molar-refractivity contribution in [1.82, 2.24) is 14.5 Å². The smallest absolute Gasteiger partial charge is 0.240 e. The summed E-state index contributed by atoms with van der Waals surface area (Å²) in [4.78, 5) is 73.3. The van der Waals surface area contributed by atoms with E-state index in [4.69, 9.17) is 0 Å². The summed E-state index contributed by atoms with van der Waals surface area (Å²) in [5, 5.41) is -0.574. The second kappa shape index (κ2) is 12.3. The van der Waals surface area contributed by atoms with Gasteiger partial charge in [-0.3, -0.25) is 28.7 Å². The van der Waals surface area contributed by atoms with Crippen molar-refractivity contribution in [1.29, 1.82) is 0 Å². The summed E-state index contributed by atoms with van der Waals surface area (Å²) in [5.74, 6) is -3.08. The maximum Gasteiger partial charge on any atom is 0.240 e. The van der Waals surface area contributed by atoms with Gasteiger partial charge in [0.05, 0.1) is 16.7 Å². The maximum absolute atomic E-state index is 15.0. The number of amides is 3. The minimum absolute atomic E-state index is 0.0428. The third-order valence-corrected chi connectivity index (χ3v) is 15.9. The van der Waals surface area contributed by atoms with Gasteiger partial charge in [0.1, 0.15) is 5.78 Å². The zero-order valence-electron chi connectivity index (χ0n) is 32.1. The first kappa shape index (κ1) is 38.7. The van der Waals surface area contributed by atoms with Crippen LogP contribution in [0.15, 0.2) is 12.7 Å². The number of nitrogens with one attached hydrogen (secondary N) is 1. The van der Waals surface area contributed by atoms with E-state index >= 15 is 0 Å². The number of ketones is 2. The molecule has 10 nitrogen and oxygen atoms in total. The molecule has 6 atom stereocenters. The number of allylic oxidation sites excluding steroid dienone is 1. The molecule has 4 saturated carbocycles. The van der Waals surface area contributed by atoms with Gasteiger partial charge in [0, 0.05) is 57.2 Å².